The van der Waals surface area contributed by atoms with E-state index in [4.69, 9.17) is 16.3 Å². The van der Waals surface area contributed by atoms with E-state index in [1.54, 1.807) is 6.20 Å². The maximum atomic E-state index is 6.23. The Balaban J connectivity index is 2.04. The first-order valence-electron chi connectivity index (χ1n) is 6.26. The van der Waals surface area contributed by atoms with Crippen LogP contribution in [-0.4, -0.2) is 24.5 Å². The Hall–Kier alpha value is -0.363. The smallest absolute Gasteiger partial charge is 0.139 e. The van der Waals surface area contributed by atoms with Crippen LogP contribution in [0.5, 0.6) is 0 Å². The van der Waals surface area contributed by atoms with E-state index in [9.17, 15) is 0 Å². The molecule has 2 aromatic rings. The highest BCUT2D eigenvalue weighted by atomic mass is 79.9. The van der Waals surface area contributed by atoms with Gasteiger partial charge in [-0.1, -0.05) is 31.2 Å². The molecule has 0 atom stereocenters. The number of rotatable bonds is 5. The van der Waals surface area contributed by atoms with Crippen molar-refractivity contribution in [2.75, 3.05) is 6.61 Å². The predicted octanol–water partition coefficient (Wildman–Crippen LogP) is 4.76. The second kappa shape index (κ2) is 5.95. The third kappa shape index (κ3) is 3.81. The number of benzene rings is 1. The number of fused-ring (bicyclic) bond motifs is 1. The first kappa shape index (κ1) is 15.0. The summed E-state index contributed by atoms with van der Waals surface area (Å²) in [5.74, 6) is 0. The molecule has 6 heteroatoms. The molecule has 0 N–H and O–H groups in total. The lowest BCUT2D eigenvalue weighted by Gasteiger charge is -2.15. The van der Waals surface area contributed by atoms with Crippen molar-refractivity contribution in [2.24, 2.45) is 0 Å². The predicted molar refractivity (Wildman–Crippen MR) is 86.5 cm³/mol. The van der Waals surface area contributed by atoms with Gasteiger partial charge in [0.1, 0.15) is 6.73 Å². The molecule has 1 heterocycles. The van der Waals surface area contributed by atoms with Crippen LogP contribution in [0.15, 0.2) is 22.8 Å². The summed E-state index contributed by atoms with van der Waals surface area (Å²) in [6.45, 7) is 8.30. The molecular formula is C13H18BrClN2OSi. The zero-order valence-corrected chi connectivity index (χ0v) is 14.8. The number of halogens is 2. The standard InChI is InChI=1S/C13H18BrClN2OSi/c1-19(2,3)7-6-18-9-17-12-5-4-11(14)13(15)10(12)8-16-17/h4-5,8H,6-7,9H2,1-3H3. The van der Waals surface area contributed by atoms with Gasteiger partial charge in [-0.3, -0.25) is 0 Å². The van der Waals surface area contributed by atoms with Gasteiger partial charge in [0.2, 0.25) is 0 Å². The Morgan fingerprint density at radius 2 is 2.11 bits per heavy atom. The fraction of sp³-hybridized carbons (Fsp3) is 0.462. The van der Waals surface area contributed by atoms with Crippen molar-refractivity contribution in [3.8, 4) is 0 Å². The highest BCUT2D eigenvalue weighted by Gasteiger charge is 2.13. The highest BCUT2D eigenvalue weighted by Crippen LogP contribution is 2.30. The average Bonchev–Trinajstić information content (AvgIpc) is 2.72. The lowest BCUT2D eigenvalue weighted by atomic mass is 10.2. The SMILES string of the molecule is C[Si](C)(C)CCOCn1ncc2c(Cl)c(Br)ccc21. The van der Waals surface area contributed by atoms with Gasteiger partial charge in [0.05, 0.1) is 16.7 Å². The molecule has 0 fully saturated rings. The van der Waals surface area contributed by atoms with Gasteiger partial charge < -0.3 is 4.74 Å². The number of aromatic nitrogens is 2. The summed E-state index contributed by atoms with van der Waals surface area (Å²) < 4.78 is 8.45. The molecule has 1 aromatic carbocycles. The summed E-state index contributed by atoms with van der Waals surface area (Å²) in [5, 5.41) is 5.98. The van der Waals surface area contributed by atoms with E-state index in [2.05, 4.69) is 40.7 Å². The lowest BCUT2D eigenvalue weighted by Crippen LogP contribution is -2.22. The molecule has 0 spiro atoms. The van der Waals surface area contributed by atoms with E-state index in [-0.39, 0.29) is 0 Å². The molecule has 0 saturated heterocycles. The molecule has 0 bridgehead atoms. The minimum atomic E-state index is -1.03. The second-order valence-electron chi connectivity index (χ2n) is 5.79. The largest absolute Gasteiger partial charge is 0.360 e. The van der Waals surface area contributed by atoms with Crippen LogP contribution in [0.3, 0.4) is 0 Å². The van der Waals surface area contributed by atoms with Crippen LogP contribution in [0, 0.1) is 0 Å². The van der Waals surface area contributed by atoms with Crippen molar-refractivity contribution in [2.45, 2.75) is 32.4 Å². The average molecular weight is 362 g/mol. The van der Waals surface area contributed by atoms with Gasteiger partial charge in [-0.15, -0.1) is 0 Å². The minimum absolute atomic E-state index is 0.478. The molecule has 0 aliphatic rings. The van der Waals surface area contributed by atoms with Crippen LogP contribution in [0.1, 0.15) is 0 Å². The molecule has 1 aromatic heterocycles. The molecule has 2 rings (SSSR count). The zero-order valence-electron chi connectivity index (χ0n) is 11.4. The Morgan fingerprint density at radius 3 is 2.79 bits per heavy atom. The minimum Gasteiger partial charge on any atom is -0.360 e. The van der Waals surface area contributed by atoms with Crippen molar-refractivity contribution < 1.29 is 4.74 Å². The van der Waals surface area contributed by atoms with Gasteiger partial charge in [0.15, 0.2) is 0 Å². The van der Waals surface area contributed by atoms with E-state index in [0.29, 0.717) is 11.8 Å². The normalized spacial score (nSPS) is 12.3. The van der Waals surface area contributed by atoms with Crippen LogP contribution in [0.4, 0.5) is 0 Å². The van der Waals surface area contributed by atoms with Crippen LogP contribution >= 0.6 is 27.5 Å². The molecule has 0 radical (unpaired) electrons. The molecule has 0 aliphatic heterocycles. The number of hydrogen-bond acceptors (Lipinski definition) is 2. The summed E-state index contributed by atoms with van der Waals surface area (Å²) in [7, 11) is -1.03. The fourth-order valence-electron chi connectivity index (χ4n) is 1.73. The molecule has 0 saturated carbocycles. The highest BCUT2D eigenvalue weighted by molar-refractivity contribution is 9.10. The Labute approximate surface area is 128 Å². The molecule has 3 nitrogen and oxygen atoms in total. The maximum absolute atomic E-state index is 6.23. The summed E-state index contributed by atoms with van der Waals surface area (Å²) in [5.41, 5.74) is 1.00. The number of hydrogen-bond donors (Lipinski definition) is 0. The third-order valence-electron chi connectivity index (χ3n) is 2.92. The number of ether oxygens (including phenoxy) is 1. The van der Waals surface area contributed by atoms with E-state index in [1.807, 2.05) is 16.8 Å². The zero-order chi connectivity index (χ0) is 14.0. The van der Waals surface area contributed by atoms with E-state index < -0.39 is 8.07 Å². The summed E-state index contributed by atoms with van der Waals surface area (Å²) >= 11 is 9.64. The second-order valence-corrected chi connectivity index (χ2v) is 12.6. The number of nitrogens with zero attached hydrogens (tertiary/aromatic N) is 2. The maximum Gasteiger partial charge on any atom is 0.139 e. The molecule has 0 amide bonds. The van der Waals surface area contributed by atoms with E-state index in [1.165, 1.54) is 6.04 Å². The first-order chi connectivity index (χ1) is 8.88. The molecule has 104 valence electrons. The monoisotopic (exact) mass is 360 g/mol. The van der Waals surface area contributed by atoms with Crippen LogP contribution in [0.2, 0.25) is 30.7 Å². The van der Waals surface area contributed by atoms with Gasteiger partial charge >= 0.3 is 0 Å². The van der Waals surface area contributed by atoms with Gasteiger partial charge in [-0.05, 0) is 34.1 Å². The van der Waals surface area contributed by atoms with Gasteiger partial charge in [0.25, 0.3) is 0 Å². The lowest BCUT2D eigenvalue weighted by molar-refractivity contribution is 0.0817. The summed E-state index contributed by atoms with van der Waals surface area (Å²) in [6, 6.07) is 5.10. The van der Waals surface area contributed by atoms with Crippen molar-refractivity contribution in [3.05, 3.63) is 27.8 Å². The summed E-state index contributed by atoms with van der Waals surface area (Å²) in [6.07, 6.45) is 1.78. The molecular weight excluding hydrogens is 344 g/mol. The van der Waals surface area contributed by atoms with Crippen LogP contribution in [-0.2, 0) is 11.5 Å². The van der Waals surface area contributed by atoms with E-state index in [0.717, 1.165) is 22.0 Å². The Bertz CT molecular complexity index is 580. The quantitative estimate of drug-likeness (QED) is 0.567. The topological polar surface area (TPSA) is 27.1 Å². The third-order valence-corrected chi connectivity index (χ3v) is 5.92. The first-order valence-corrected chi connectivity index (χ1v) is 11.1. The van der Waals surface area contributed by atoms with Gasteiger partial charge in [-0.2, -0.15) is 5.10 Å². The van der Waals surface area contributed by atoms with Crippen molar-refractivity contribution in [1.29, 1.82) is 0 Å². The molecule has 0 aliphatic carbocycles. The van der Waals surface area contributed by atoms with Crippen molar-refractivity contribution >= 4 is 46.5 Å². The Morgan fingerprint density at radius 1 is 1.37 bits per heavy atom. The van der Waals surface area contributed by atoms with E-state index >= 15 is 0 Å². The molecule has 0 unspecified atom stereocenters. The van der Waals surface area contributed by atoms with Crippen LogP contribution < -0.4 is 0 Å². The van der Waals surface area contributed by atoms with Crippen molar-refractivity contribution in [3.63, 3.8) is 0 Å². The Kier molecular flexibility index (Phi) is 4.71. The van der Waals surface area contributed by atoms with Crippen molar-refractivity contribution in [1.82, 2.24) is 9.78 Å². The van der Waals surface area contributed by atoms with Gasteiger partial charge in [-0.25, -0.2) is 4.68 Å². The summed E-state index contributed by atoms with van der Waals surface area (Å²) in [4.78, 5) is 0. The molecule has 19 heavy (non-hydrogen) atoms. The fourth-order valence-corrected chi connectivity index (χ4v) is 3.04. The van der Waals surface area contributed by atoms with Gasteiger partial charge in [0, 0.05) is 24.5 Å². The van der Waals surface area contributed by atoms with Crippen LogP contribution in [0.25, 0.3) is 10.9 Å².